The second kappa shape index (κ2) is 8.39. The molecule has 1 heteroatoms. The zero-order chi connectivity index (χ0) is 21.8. The molecule has 4 aliphatic rings. The van der Waals surface area contributed by atoms with Crippen LogP contribution in [0.4, 0.5) is 0 Å². The predicted molar refractivity (Wildman–Crippen MR) is 128 cm³/mol. The van der Waals surface area contributed by atoms with Gasteiger partial charge in [0, 0.05) is 0 Å². The molecule has 1 nitrogen and oxygen atoms in total. The number of fused-ring (bicyclic) bond motifs is 5. The molecule has 0 saturated heterocycles. The van der Waals surface area contributed by atoms with Gasteiger partial charge in [-0.25, -0.2) is 0 Å². The molecule has 11 unspecified atom stereocenters. The first kappa shape index (κ1) is 23.1. The molecule has 174 valence electrons. The van der Waals surface area contributed by atoms with Crippen LogP contribution in [0.3, 0.4) is 0 Å². The average molecular weight is 417 g/mol. The minimum Gasteiger partial charge on any atom is -0.393 e. The van der Waals surface area contributed by atoms with Gasteiger partial charge in [-0.15, -0.1) is 0 Å². The second-order valence-corrected chi connectivity index (χ2v) is 13.6. The maximum Gasteiger partial charge on any atom is 0.0543 e. The van der Waals surface area contributed by atoms with Gasteiger partial charge in [-0.1, -0.05) is 48.5 Å². The van der Waals surface area contributed by atoms with Gasteiger partial charge in [-0.3, -0.25) is 0 Å². The molecule has 11 atom stereocenters. The van der Waals surface area contributed by atoms with Gasteiger partial charge in [0.15, 0.2) is 0 Å². The van der Waals surface area contributed by atoms with Gasteiger partial charge < -0.3 is 5.11 Å². The third-order valence-electron chi connectivity index (χ3n) is 12.1. The van der Waals surface area contributed by atoms with Gasteiger partial charge in [-0.2, -0.15) is 0 Å². The predicted octanol–water partition coefficient (Wildman–Crippen LogP) is 7.96. The Morgan fingerprint density at radius 2 is 1.47 bits per heavy atom. The molecule has 0 radical (unpaired) electrons. The Morgan fingerprint density at radius 1 is 0.800 bits per heavy atom. The Morgan fingerprint density at radius 3 is 2.17 bits per heavy atom. The van der Waals surface area contributed by atoms with E-state index in [1.807, 2.05) is 0 Å². The topological polar surface area (TPSA) is 20.2 Å². The number of rotatable bonds is 5. The van der Waals surface area contributed by atoms with Crippen LogP contribution in [0, 0.1) is 64.1 Å². The fourth-order valence-electron chi connectivity index (χ4n) is 9.83. The molecule has 0 aliphatic heterocycles. The second-order valence-electron chi connectivity index (χ2n) is 13.6. The first-order valence-corrected chi connectivity index (χ1v) is 13.8. The lowest BCUT2D eigenvalue weighted by molar-refractivity contribution is -0.129. The van der Waals surface area contributed by atoms with E-state index in [1.165, 1.54) is 51.4 Å². The van der Waals surface area contributed by atoms with E-state index in [0.717, 1.165) is 66.1 Å². The Hall–Kier alpha value is -0.0400. The molecule has 0 heterocycles. The molecule has 0 amide bonds. The highest BCUT2D eigenvalue weighted by atomic mass is 16.3. The minimum atomic E-state index is -0.0135. The fraction of sp³-hybridized carbons (Fsp3) is 1.00. The minimum absolute atomic E-state index is 0.0135. The van der Waals surface area contributed by atoms with Crippen LogP contribution in [0.1, 0.15) is 113 Å². The van der Waals surface area contributed by atoms with Crippen LogP contribution in [0.25, 0.3) is 0 Å². The van der Waals surface area contributed by atoms with Gasteiger partial charge in [0.25, 0.3) is 0 Å². The molecule has 4 rings (SSSR count). The highest BCUT2D eigenvalue weighted by molar-refractivity contribution is 5.09. The van der Waals surface area contributed by atoms with Crippen molar-refractivity contribution in [3.05, 3.63) is 0 Å². The van der Waals surface area contributed by atoms with Gasteiger partial charge in [-0.05, 0) is 128 Å². The highest BCUT2D eigenvalue weighted by Gasteiger charge is 2.60. The summed E-state index contributed by atoms with van der Waals surface area (Å²) >= 11 is 0. The van der Waals surface area contributed by atoms with E-state index in [4.69, 9.17) is 0 Å². The van der Waals surface area contributed by atoms with Gasteiger partial charge in [0.05, 0.1) is 6.10 Å². The lowest BCUT2D eigenvalue weighted by Gasteiger charge is -2.61. The van der Waals surface area contributed by atoms with E-state index >= 15 is 0 Å². The van der Waals surface area contributed by atoms with Crippen molar-refractivity contribution in [2.75, 3.05) is 0 Å². The monoisotopic (exact) mass is 416 g/mol. The lowest BCUT2D eigenvalue weighted by atomic mass is 9.44. The third kappa shape index (κ3) is 3.72. The summed E-state index contributed by atoms with van der Waals surface area (Å²) in [7, 11) is 0. The van der Waals surface area contributed by atoms with Crippen molar-refractivity contribution in [3.8, 4) is 0 Å². The van der Waals surface area contributed by atoms with Crippen LogP contribution in [0.5, 0.6) is 0 Å². The molecular weight excluding hydrogens is 364 g/mol. The zero-order valence-corrected chi connectivity index (χ0v) is 21.3. The first-order valence-electron chi connectivity index (χ1n) is 13.8. The molecule has 1 N–H and O–H groups in total. The summed E-state index contributed by atoms with van der Waals surface area (Å²) in [6, 6.07) is 0. The van der Waals surface area contributed by atoms with E-state index in [9.17, 15) is 5.11 Å². The van der Waals surface area contributed by atoms with Crippen LogP contribution in [0.15, 0.2) is 0 Å². The Kier molecular flexibility index (Phi) is 6.47. The maximum absolute atomic E-state index is 10.3. The molecule has 0 aromatic heterocycles. The van der Waals surface area contributed by atoms with Gasteiger partial charge >= 0.3 is 0 Å². The summed E-state index contributed by atoms with van der Waals surface area (Å²) in [6.07, 6.45) is 13.7. The van der Waals surface area contributed by atoms with Crippen molar-refractivity contribution in [2.45, 2.75) is 119 Å². The summed E-state index contributed by atoms with van der Waals surface area (Å²) in [5.74, 6) is 8.01. The molecule has 4 fully saturated rings. The van der Waals surface area contributed by atoms with Crippen LogP contribution < -0.4 is 0 Å². The van der Waals surface area contributed by atoms with E-state index in [1.54, 1.807) is 0 Å². The van der Waals surface area contributed by atoms with Gasteiger partial charge in [0.2, 0.25) is 0 Å². The first-order chi connectivity index (χ1) is 14.1. The SMILES string of the molecule is CC(C)C(C)C(C)CC(C)C1CCC2C3CCC4CC(O)CCC4(C)C3CCC12C. The van der Waals surface area contributed by atoms with Crippen molar-refractivity contribution >= 4 is 0 Å². The van der Waals surface area contributed by atoms with Crippen molar-refractivity contribution in [2.24, 2.45) is 64.1 Å². The molecule has 0 bridgehead atoms. The molecular formula is C29H52O. The van der Waals surface area contributed by atoms with Gasteiger partial charge in [0.1, 0.15) is 0 Å². The van der Waals surface area contributed by atoms with Crippen LogP contribution in [-0.2, 0) is 0 Å². The van der Waals surface area contributed by atoms with Crippen molar-refractivity contribution < 1.29 is 5.11 Å². The third-order valence-corrected chi connectivity index (χ3v) is 12.1. The van der Waals surface area contributed by atoms with Crippen LogP contribution in [0.2, 0.25) is 0 Å². The smallest absolute Gasteiger partial charge is 0.0543 e. The standard InChI is InChI=1S/C29H52O/c1-18(2)21(5)19(3)16-20(4)25-10-11-26-24-9-8-22-17-23(30)12-14-28(22,6)27(24)13-15-29(25,26)7/h18-27,30H,8-17H2,1-7H3. The van der Waals surface area contributed by atoms with E-state index in [0.29, 0.717) is 10.8 Å². The quantitative estimate of drug-likeness (QED) is 0.482. The van der Waals surface area contributed by atoms with E-state index < -0.39 is 0 Å². The van der Waals surface area contributed by atoms with Crippen LogP contribution >= 0.6 is 0 Å². The number of aliphatic hydroxyl groups is 1. The molecule has 0 aromatic carbocycles. The maximum atomic E-state index is 10.3. The molecule has 4 aliphatic carbocycles. The number of hydrogen-bond donors (Lipinski definition) is 1. The highest BCUT2D eigenvalue weighted by Crippen LogP contribution is 2.68. The molecule has 0 aromatic rings. The summed E-state index contributed by atoms with van der Waals surface area (Å²) in [6.45, 7) is 17.8. The zero-order valence-electron chi connectivity index (χ0n) is 21.3. The van der Waals surface area contributed by atoms with E-state index in [2.05, 4.69) is 48.5 Å². The summed E-state index contributed by atoms with van der Waals surface area (Å²) < 4.78 is 0. The number of aliphatic hydroxyl groups excluding tert-OH is 1. The molecule has 30 heavy (non-hydrogen) atoms. The van der Waals surface area contributed by atoms with Crippen molar-refractivity contribution in [1.29, 1.82) is 0 Å². The summed E-state index contributed by atoms with van der Waals surface area (Å²) in [5, 5.41) is 10.3. The Bertz CT molecular complexity index is 597. The Labute approximate surface area is 188 Å². The normalized spacial score (nSPS) is 49.1. The van der Waals surface area contributed by atoms with Crippen molar-refractivity contribution in [3.63, 3.8) is 0 Å². The average Bonchev–Trinajstić information content (AvgIpc) is 3.05. The number of hydrogen-bond acceptors (Lipinski definition) is 1. The van der Waals surface area contributed by atoms with Crippen LogP contribution in [-0.4, -0.2) is 11.2 Å². The molecule has 0 spiro atoms. The fourth-order valence-corrected chi connectivity index (χ4v) is 9.83. The Balaban J connectivity index is 1.47. The summed E-state index contributed by atoms with van der Waals surface area (Å²) in [4.78, 5) is 0. The molecule has 4 saturated carbocycles. The largest absolute Gasteiger partial charge is 0.393 e. The summed E-state index contributed by atoms with van der Waals surface area (Å²) in [5.41, 5.74) is 1.12. The van der Waals surface area contributed by atoms with Crippen molar-refractivity contribution in [1.82, 2.24) is 0 Å². The lowest BCUT2D eigenvalue weighted by Crippen LogP contribution is -2.54. The van der Waals surface area contributed by atoms with E-state index in [-0.39, 0.29) is 6.10 Å².